The molecule has 2 rings (SSSR count). The van der Waals surface area contributed by atoms with E-state index in [0.717, 1.165) is 0 Å². The molecule has 0 atom stereocenters. The third-order valence-corrected chi connectivity index (χ3v) is 4.26. The van der Waals surface area contributed by atoms with Crippen molar-refractivity contribution < 1.29 is 19.1 Å². The molecule has 0 spiro atoms. The number of amides is 2. The van der Waals surface area contributed by atoms with Crippen LogP contribution in [0.3, 0.4) is 0 Å². The number of nitrogens with one attached hydrogen (secondary N) is 2. The molecule has 2 aromatic rings. The molecule has 6 nitrogen and oxygen atoms in total. The summed E-state index contributed by atoms with van der Waals surface area (Å²) >= 11 is 6.18. The molecule has 154 valence electrons. The van der Waals surface area contributed by atoms with E-state index in [1.807, 2.05) is 13.8 Å². The first-order valence-corrected chi connectivity index (χ1v) is 9.51. The van der Waals surface area contributed by atoms with E-state index in [9.17, 15) is 9.59 Å². The van der Waals surface area contributed by atoms with Gasteiger partial charge < -0.3 is 20.1 Å². The highest BCUT2D eigenvalue weighted by atomic mass is 35.5. The van der Waals surface area contributed by atoms with Crippen molar-refractivity contribution in [3.8, 4) is 11.5 Å². The highest BCUT2D eigenvalue weighted by molar-refractivity contribution is 6.32. The maximum atomic E-state index is 12.4. The molecule has 7 heteroatoms. The first-order chi connectivity index (χ1) is 13.8. The molecular formula is C22H25ClN2O4. The Bertz CT molecular complexity index is 910. The molecule has 0 radical (unpaired) electrons. The number of hydrogen-bond donors (Lipinski definition) is 2. The fourth-order valence-corrected chi connectivity index (χ4v) is 2.86. The van der Waals surface area contributed by atoms with Crippen molar-refractivity contribution in [1.29, 1.82) is 0 Å². The zero-order valence-electron chi connectivity index (χ0n) is 16.9. The number of halogens is 1. The standard InChI is InChI=1S/C22H25ClN2O4/c1-14(2)13-24-22(27)16-7-5-6-8-18(16)25-20(26)10-9-15-11-17(23)21(29-4)19(12-15)28-3/h5-12,14H,13H2,1-4H3,(H,24,27)(H,25,26)/b10-9+. The molecule has 0 saturated carbocycles. The second-order valence-electron chi connectivity index (χ2n) is 6.71. The minimum Gasteiger partial charge on any atom is -0.493 e. The average Bonchev–Trinajstić information content (AvgIpc) is 2.70. The number of hydrogen-bond acceptors (Lipinski definition) is 4. The number of methoxy groups -OCH3 is 2. The Morgan fingerprint density at radius 1 is 1.14 bits per heavy atom. The molecule has 0 fully saturated rings. The summed E-state index contributed by atoms with van der Waals surface area (Å²) in [5.74, 6) is 0.617. The van der Waals surface area contributed by atoms with Crippen LogP contribution in [0.15, 0.2) is 42.5 Å². The van der Waals surface area contributed by atoms with E-state index in [1.54, 1.807) is 42.5 Å². The van der Waals surface area contributed by atoms with Gasteiger partial charge in [0.05, 0.1) is 30.5 Å². The van der Waals surface area contributed by atoms with Gasteiger partial charge in [-0.1, -0.05) is 37.6 Å². The van der Waals surface area contributed by atoms with Gasteiger partial charge in [0.2, 0.25) is 5.91 Å². The molecule has 0 aliphatic heterocycles. The van der Waals surface area contributed by atoms with Crippen LogP contribution in [0.25, 0.3) is 6.08 Å². The first-order valence-electron chi connectivity index (χ1n) is 9.13. The van der Waals surface area contributed by atoms with Crippen LogP contribution >= 0.6 is 11.6 Å². The van der Waals surface area contributed by atoms with Crippen molar-refractivity contribution in [2.45, 2.75) is 13.8 Å². The largest absolute Gasteiger partial charge is 0.493 e. The van der Waals surface area contributed by atoms with Crippen molar-refractivity contribution in [3.05, 3.63) is 58.6 Å². The Morgan fingerprint density at radius 3 is 2.52 bits per heavy atom. The van der Waals surface area contributed by atoms with Gasteiger partial charge >= 0.3 is 0 Å². The smallest absolute Gasteiger partial charge is 0.253 e. The monoisotopic (exact) mass is 416 g/mol. The summed E-state index contributed by atoms with van der Waals surface area (Å²) in [4.78, 5) is 24.7. The van der Waals surface area contributed by atoms with Gasteiger partial charge in [0, 0.05) is 12.6 Å². The second-order valence-corrected chi connectivity index (χ2v) is 7.12. The van der Waals surface area contributed by atoms with Crippen LogP contribution < -0.4 is 20.1 Å². The van der Waals surface area contributed by atoms with Gasteiger partial charge in [-0.05, 0) is 41.8 Å². The minimum absolute atomic E-state index is 0.231. The van der Waals surface area contributed by atoms with Gasteiger partial charge in [-0.2, -0.15) is 0 Å². The number of anilines is 1. The van der Waals surface area contributed by atoms with E-state index in [1.165, 1.54) is 20.3 Å². The molecule has 0 unspecified atom stereocenters. The van der Waals surface area contributed by atoms with Crippen LogP contribution in [-0.2, 0) is 4.79 Å². The molecule has 2 amide bonds. The predicted octanol–water partition coefficient (Wildman–Crippen LogP) is 4.39. The molecule has 0 aromatic heterocycles. The first kappa shape index (κ1) is 22.3. The van der Waals surface area contributed by atoms with E-state index in [0.29, 0.717) is 45.8 Å². The SMILES string of the molecule is COc1cc(/C=C/C(=O)Nc2ccccc2C(=O)NCC(C)C)cc(Cl)c1OC. The molecule has 0 bridgehead atoms. The summed E-state index contributed by atoms with van der Waals surface area (Å²) in [7, 11) is 3.01. The molecule has 0 aliphatic rings. The van der Waals surface area contributed by atoms with Gasteiger partial charge in [-0.15, -0.1) is 0 Å². The van der Waals surface area contributed by atoms with E-state index < -0.39 is 0 Å². The highest BCUT2D eigenvalue weighted by Crippen LogP contribution is 2.36. The number of carbonyl (C=O) groups excluding carboxylic acids is 2. The minimum atomic E-state index is -0.375. The lowest BCUT2D eigenvalue weighted by Crippen LogP contribution is -2.28. The van der Waals surface area contributed by atoms with E-state index in [-0.39, 0.29) is 11.8 Å². The normalized spacial score (nSPS) is 10.8. The van der Waals surface area contributed by atoms with Gasteiger partial charge in [-0.25, -0.2) is 0 Å². The van der Waals surface area contributed by atoms with Crippen molar-refractivity contribution in [2.75, 3.05) is 26.1 Å². The molecule has 0 aliphatic carbocycles. The van der Waals surface area contributed by atoms with Gasteiger partial charge in [-0.3, -0.25) is 9.59 Å². The third-order valence-electron chi connectivity index (χ3n) is 3.98. The number of rotatable bonds is 8. The van der Waals surface area contributed by atoms with Gasteiger partial charge in [0.15, 0.2) is 11.5 Å². The van der Waals surface area contributed by atoms with Crippen LogP contribution in [-0.4, -0.2) is 32.6 Å². The van der Waals surface area contributed by atoms with Crippen molar-refractivity contribution in [3.63, 3.8) is 0 Å². The Kier molecular flexibility index (Phi) is 8.09. The molecular weight excluding hydrogens is 392 g/mol. The summed E-state index contributed by atoms with van der Waals surface area (Å²) in [5, 5.41) is 5.96. The zero-order chi connectivity index (χ0) is 21.4. The quantitative estimate of drug-likeness (QED) is 0.625. The molecule has 0 heterocycles. The van der Waals surface area contributed by atoms with Crippen molar-refractivity contribution in [1.82, 2.24) is 5.32 Å². The fourth-order valence-electron chi connectivity index (χ4n) is 2.56. The molecule has 29 heavy (non-hydrogen) atoms. The Hall–Kier alpha value is -2.99. The molecule has 2 aromatic carbocycles. The Balaban J connectivity index is 2.14. The van der Waals surface area contributed by atoms with Crippen LogP contribution in [0.4, 0.5) is 5.69 Å². The summed E-state index contributed by atoms with van der Waals surface area (Å²) in [6.07, 6.45) is 2.96. The van der Waals surface area contributed by atoms with Crippen LogP contribution in [0.5, 0.6) is 11.5 Å². The maximum absolute atomic E-state index is 12.4. The van der Waals surface area contributed by atoms with Gasteiger partial charge in [0.25, 0.3) is 5.91 Å². The number of carbonyl (C=O) groups is 2. The van der Waals surface area contributed by atoms with Crippen molar-refractivity contribution >= 4 is 35.2 Å². The Morgan fingerprint density at radius 2 is 1.86 bits per heavy atom. The summed E-state index contributed by atoms with van der Waals surface area (Å²) in [6, 6.07) is 10.2. The topological polar surface area (TPSA) is 76.7 Å². The highest BCUT2D eigenvalue weighted by Gasteiger charge is 2.13. The number of benzene rings is 2. The van der Waals surface area contributed by atoms with E-state index >= 15 is 0 Å². The number of ether oxygens (including phenoxy) is 2. The summed E-state index contributed by atoms with van der Waals surface area (Å²) in [6.45, 7) is 4.58. The van der Waals surface area contributed by atoms with Crippen molar-refractivity contribution in [2.24, 2.45) is 5.92 Å². The Labute approximate surface area is 175 Å². The lowest BCUT2D eigenvalue weighted by molar-refractivity contribution is -0.111. The maximum Gasteiger partial charge on any atom is 0.253 e. The van der Waals surface area contributed by atoms with E-state index in [2.05, 4.69) is 10.6 Å². The molecule has 2 N–H and O–H groups in total. The predicted molar refractivity (Wildman–Crippen MR) is 116 cm³/mol. The van der Waals surface area contributed by atoms with Gasteiger partial charge in [0.1, 0.15) is 0 Å². The number of para-hydroxylation sites is 1. The van der Waals surface area contributed by atoms with Crippen LogP contribution in [0.1, 0.15) is 29.8 Å². The zero-order valence-corrected chi connectivity index (χ0v) is 17.7. The lowest BCUT2D eigenvalue weighted by atomic mass is 10.1. The average molecular weight is 417 g/mol. The third kappa shape index (κ3) is 6.26. The lowest BCUT2D eigenvalue weighted by Gasteiger charge is -2.12. The van der Waals surface area contributed by atoms with E-state index in [4.69, 9.17) is 21.1 Å². The summed E-state index contributed by atoms with van der Waals surface area (Å²) < 4.78 is 10.5. The van der Waals surface area contributed by atoms with Crippen LogP contribution in [0, 0.1) is 5.92 Å². The van der Waals surface area contributed by atoms with Crippen LogP contribution in [0.2, 0.25) is 5.02 Å². The molecule has 0 saturated heterocycles. The summed E-state index contributed by atoms with van der Waals surface area (Å²) in [5.41, 5.74) is 1.52. The second kappa shape index (κ2) is 10.5. The fraction of sp³-hybridized carbons (Fsp3) is 0.273.